The van der Waals surface area contributed by atoms with Crippen LogP contribution < -0.4 is 10.6 Å². The highest BCUT2D eigenvalue weighted by Crippen LogP contribution is 2.33. The number of carbonyl (C=O) groups excluding carboxylic acids is 1. The van der Waals surface area contributed by atoms with E-state index in [-0.39, 0.29) is 11.3 Å². The minimum atomic E-state index is -4.71. The second kappa shape index (κ2) is 6.70. The normalized spacial score (nSPS) is 15.0. The quantitative estimate of drug-likeness (QED) is 0.829. The Morgan fingerprint density at radius 1 is 1.16 bits per heavy atom. The van der Waals surface area contributed by atoms with Gasteiger partial charge in [-0.05, 0) is 49.2 Å². The molecule has 132 valence electrons. The number of alkyl halides is 3. The zero-order chi connectivity index (χ0) is 18.0. The van der Waals surface area contributed by atoms with Crippen molar-refractivity contribution in [3.05, 3.63) is 59.2 Å². The maximum atomic E-state index is 13.4. The lowest BCUT2D eigenvalue weighted by Gasteiger charge is -2.24. The van der Waals surface area contributed by atoms with E-state index in [1.165, 1.54) is 6.07 Å². The molecule has 1 aliphatic heterocycles. The highest BCUT2D eigenvalue weighted by atomic mass is 19.4. The van der Waals surface area contributed by atoms with Crippen LogP contribution in [-0.2, 0) is 6.42 Å². The van der Waals surface area contributed by atoms with Gasteiger partial charge in [-0.1, -0.05) is 0 Å². The molecule has 0 saturated heterocycles. The predicted molar refractivity (Wildman–Crippen MR) is 83.7 cm³/mol. The average molecular weight is 353 g/mol. The van der Waals surface area contributed by atoms with Gasteiger partial charge in [-0.3, -0.25) is 9.78 Å². The van der Waals surface area contributed by atoms with E-state index in [2.05, 4.69) is 10.3 Å². The highest BCUT2D eigenvalue weighted by Gasteiger charge is 2.43. The summed E-state index contributed by atoms with van der Waals surface area (Å²) in [6, 6.07) is 4.84. The van der Waals surface area contributed by atoms with E-state index in [0.29, 0.717) is 17.8 Å². The number of rotatable bonds is 3. The topological polar surface area (TPSA) is 54.0 Å². The Morgan fingerprint density at radius 2 is 1.88 bits per heavy atom. The second-order valence-corrected chi connectivity index (χ2v) is 5.72. The van der Waals surface area contributed by atoms with Crippen molar-refractivity contribution in [1.29, 1.82) is 0 Å². The molecule has 25 heavy (non-hydrogen) atoms. The summed E-state index contributed by atoms with van der Waals surface area (Å²) in [6.07, 6.45) is -3.35. The van der Waals surface area contributed by atoms with Crippen molar-refractivity contribution in [1.82, 2.24) is 10.3 Å². The number of pyridine rings is 1. The Kier molecular flexibility index (Phi) is 4.61. The van der Waals surface area contributed by atoms with Crippen LogP contribution >= 0.6 is 0 Å². The summed E-state index contributed by atoms with van der Waals surface area (Å²) in [5.74, 6) is -1.52. The van der Waals surface area contributed by atoms with Gasteiger partial charge < -0.3 is 10.6 Å². The third kappa shape index (κ3) is 3.89. The van der Waals surface area contributed by atoms with Gasteiger partial charge in [-0.2, -0.15) is 13.2 Å². The van der Waals surface area contributed by atoms with Gasteiger partial charge in [0.05, 0.1) is 17.1 Å². The summed E-state index contributed by atoms with van der Waals surface area (Å²) in [6.45, 7) is 0.748. The first kappa shape index (κ1) is 17.2. The third-order valence-electron chi connectivity index (χ3n) is 3.91. The van der Waals surface area contributed by atoms with Gasteiger partial charge in [0.2, 0.25) is 0 Å². The van der Waals surface area contributed by atoms with E-state index in [1.54, 1.807) is 6.07 Å². The van der Waals surface area contributed by atoms with Crippen LogP contribution in [0.1, 0.15) is 34.2 Å². The molecule has 0 unspecified atom stereocenters. The number of benzene rings is 1. The number of anilines is 1. The van der Waals surface area contributed by atoms with E-state index < -0.39 is 23.9 Å². The zero-order valence-electron chi connectivity index (χ0n) is 13.0. The summed E-state index contributed by atoms with van der Waals surface area (Å²) in [7, 11) is 0. The summed E-state index contributed by atoms with van der Waals surface area (Å²) in [4.78, 5) is 16.2. The van der Waals surface area contributed by atoms with Crippen molar-refractivity contribution < 1.29 is 22.4 Å². The first-order chi connectivity index (χ1) is 11.8. The van der Waals surface area contributed by atoms with Crippen molar-refractivity contribution in [3.8, 4) is 0 Å². The smallest absolute Gasteiger partial charge is 0.384 e. The number of hydrogen-bond donors (Lipinski definition) is 2. The van der Waals surface area contributed by atoms with Crippen molar-refractivity contribution in [2.45, 2.75) is 25.1 Å². The number of halogens is 4. The lowest BCUT2D eigenvalue weighted by Crippen LogP contribution is -2.39. The van der Waals surface area contributed by atoms with Gasteiger partial charge in [0, 0.05) is 12.1 Å². The number of nitrogens with zero attached hydrogens (tertiary/aromatic N) is 1. The molecule has 4 nitrogen and oxygen atoms in total. The van der Waals surface area contributed by atoms with Crippen LogP contribution in [-0.4, -0.2) is 23.6 Å². The number of aromatic nitrogens is 1. The first-order valence-corrected chi connectivity index (χ1v) is 7.71. The Labute approximate surface area is 141 Å². The van der Waals surface area contributed by atoms with E-state index in [9.17, 15) is 22.4 Å². The molecule has 8 heteroatoms. The molecule has 1 atom stereocenters. The molecule has 2 heterocycles. The van der Waals surface area contributed by atoms with Gasteiger partial charge in [0.15, 0.2) is 6.04 Å². The molecule has 0 aliphatic carbocycles. The fraction of sp³-hybridized carbons (Fsp3) is 0.294. The molecule has 0 radical (unpaired) electrons. The number of amides is 1. The van der Waals surface area contributed by atoms with E-state index in [0.717, 1.165) is 37.2 Å². The van der Waals surface area contributed by atoms with E-state index in [4.69, 9.17) is 0 Å². The second-order valence-electron chi connectivity index (χ2n) is 5.72. The predicted octanol–water partition coefficient (Wildman–Crippen LogP) is 3.61. The number of carbonyl (C=O) groups is 1. The van der Waals surface area contributed by atoms with Crippen molar-refractivity contribution in [2.75, 3.05) is 11.9 Å². The average Bonchev–Trinajstić information content (AvgIpc) is 2.58. The zero-order valence-corrected chi connectivity index (χ0v) is 13.0. The van der Waals surface area contributed by atoms with E-state index >= 15 is 0 Å². The summed E-state index contributed by atoms with van der Waals surface area (Å²) >= 11 is 0. The molecule has 0 fully saturated rings. The number of aryl methyl sites for hydroxylation is 1. The summed E-state index contributed by atoms with van der Waals surface area (Å²) in [5.41, 5.74) is 0.926. The van der Waals surface area contributed by atoms with Gasteiger partial charge in [-0.25, -0.2) is 4.39 Å². The first-order valence-electron chi connectivity index (χ1n) is 7.71. The van der Waals surface area contributed by atoms with Crippen LogP contribution in [0, 0.1) is 5.82 Å². The van der Waals surface area contributed by atoms with Gasteiger partial charge >= 0.3 is 6.18 Å². The molecule has 3 rings (SSSR count). The molecule has 2 aromatic rings. The molecular weight excluding hydrogens is 338 g/mol. The van der Waals surface area contributed by atoms with Crippen molar-refractivity contribution >= 4 is 11.6 Å². The van der Waals surface area contributed by atoms with Crippen molar-refractivity contribution in [2.24, 2.45) is 0 Å². The monoisotopic (exact) mass is 353 g/mol. The molecule has 1 aliphatic rings. The Morgan fingerprint density at radius 3 is 2.56 bits per heavy atom. The fourth-order valence-corrected chi connectivity index (χ4v) is 2.65. The van der Waals surface area contributed by atoms with E-state index in [1.807, 2.05) is 5.32 Å². The molecule has 0 bridgehead atoms. The third-order valence-corrected chi connectivity index (χ3v) is 3.91. The van der Waals surface area contributed by atoms with Gasteiger partial charge in [0.1, 0.15) is 5.82 Å². The van der Waals surface area contributed by atoms with Crippen LogP contribution in [0.15, 0.2) is 36.4 Å². The molecule has 1 aromatic heterocycles. The largest absolute Gasteiger partial charge is 0.414 e. The minimum Gasteiger partial charge on any atom is -0.384 e. The molecular formula is C17H15F4N3O. The molecule has 1 amide bonds. The van der Waals surface area contributed by atoms with Crippen LogP contribution in [0.25, 0.3) is 0 Å². The molecule has 2 N–H and O–H groups in total. The maximum absolute atomic E-state index is 13.4. The maximum Gasteiger partial charge on any atom is 0.414 e. The number of hydrogen-bond acceptors (Lipinski definition) is 3. The summed E-state index contributed by atoms with van der Waals surface area (Å²) in [5, 5.41) is 5.02. The summed E-state index contributed by atoms with van der Waals surface area (Å²) < 4.78 is 53.2. The SMILES string of the molecule is O=C(N[C@@H](c1ccc2c(n1)CCCN2)C(F)(F)F)c1ccc(F)cc1. The van der Waals surface area contributed by atoms with Crippen molar-refractivity contribution in [3.63, 3.8) is 0 Å². The van der Waals surface area contributed by atoms with Crippen LogP contribution in [0.5, 0.6) is 0 Å². The minimum absolute atomic E-state index is 0.0599. The molecule has 0 saturated carbocycles. The van der Waals surface area contributed by atoms with Crippen LogP contribution in [0.3, 0.4) is 0 Å². The number of fused-ring (bicyclic) bond motifs is 1. The molecule has 0 spiro atoms. The van der Waals surface area contributed by atoms with Gasteiger partial charge in [0.25, 0.3) is 5.91 Å². The Balaban J connectivity index is 1.87. The lowest BCUT2D eigenvalue weighted by molar-refractivity contribution is -0.156. The molecule has 1 aromatic carbocycles. The fourth-order valence-electron chi connectivity index (χ4n) is 2.65. The lowest BCUT2D eigenvalue weighted by atomic mass is 10.1. The van der Waals surface area contributed by atoms with Gasteiger partial charge in [-0.15, -0.1) is 0 Å². The highest BCUT2D eigenvalue weighted by molar-refractivity contribution is 5.94. The van der Waals surface area contributed by atoms with Crippen LogP contribution in [0.2, 0.25) is 0 Å². The Hall–Kier alpha value is -2.64. The standard InChI is InChI=1S/C17H15F4N3O/c18-11-5-3-10(4-6-11)16(25)24-15(17(19,20)21)14-8-7-12-13(23-14)2-1-9-22-12/h3-8,15,22H,1-2,9H2,(H,24,25)/t15-/m0/s1. The van der Waals surface area contributed by atoms with Crippen LogP contribution in [0.4, 0.5) is 23.2 Å². The Bertz CT molecular complexity index is 774. The number of nitrogens with one attached hydrogen (secondary N) is 2.